The van der Waals surface area contributed by atoms with Gasteiger partial charge in [0, 0.05) is 0 Å². The van der Waals surface area contributed by atoms with Gasteiger partial charge in [-0.25, -0.2) is 4.98 Å². The Morgan fingerprint density at radius 1 is 1.05 bits per heavy atom. The van der Waals surface area contributed by atoms with Crippen LogP contribution < -0.4 is 5.73 Å². The molecule has 1 aliphatic carbocycles. The molecule has 0 radical (unpaired) electrons. The molecule has 2 nitrogen and oxygen atoms in total. The number of pyridine rings is 1. The Labute approximate surface area is 120 Å². The zero-order valence-corrected chi connectivity index (χ0v) is 11.3. The first kappa shape index (κ1) is 13.9. The maximum atomic E-state index is 12.6. The van der Waals surface area contributed by atoms with Gasteiger partial charge in [-0.1, -0.05) is 30.3 Å². The smallest absolute Gasteiger partial charge is 0.383 e. The highest BCUT2D eigenvalue weighted by Gasteiger charge is 2.33. The average Bonchev–Trinajstić information content (AvgIpc) is 2.45. The second-order valence-corrected chi connectivity index (χ2v) is 5.38. The minimum absolute atomic E-state index is 0.00536. The quantitative estimate of drug-likeness (QED) is 0.864. The van der Waals surface area contributed by atoms with Crippen molar-refractivity contribution in [2.24, 2.45) is 0 Å². The van der Waals surface area contributed by atoms with E-state index in [4.69, 9.17) is 5.73 Å². The molecule has 0 bridgehead atoms. The molecule has 21 heavy (non-hydrogen) atoms. The van der Waals surface area contributed by atoms with Gasteiger partial charge in [0.25, 0.3) is 0 Å². The zero-order valence-electron chi connectivity index (χ0n) is 11.3. The van der Waals surface area contributed by atoms with Gasteiger partial charge in [0.1, 0.15) is 11.5 Å². The standard InChI is InChI=1S/C16H15F3N2/c17-16(18,19)14-8-7-13(15(20)21-14)12-6-5-10-3-1-2-4-11(10)9-12/h1-4,7-8,12H,5-6,9H2,(H2,20,21). The summed E-state index contributed by atoms with van der Waals surface area (Å²) in [4.78, 5) is 3.53. The molecule has 1 unspecified atom stereocenters. The Morgan fingerprint density at radius 3 is 2.43 bits per heavy atom. The monoisotopic (exact) mass is 292 g/mol. The van der Waals surface area contributed by atoms with E-state index in [1.165, 1.54) is 17.2 Å². The number of fused-ring (bicyclic) bond motifs is 1. The Morgan fingerprint density at radius 2 is 1.76 bits per heavy atom. The summed E-state index contributed by atoms with van der Waals surface area (Å²) in [7, 11) is 0. The number of benzene rings is 1. The largest absolute Gasteiger partial charge is 0.433 e. The van der Waals surface area contributed by atoms with Crippen molar-refractivity contribution in [1.29, 1.82) is 0 Å². The molecule has 1 aromatic heterocycles. The van der Waals surface area contributed by atoms with Crippen LogP contribution in [0.2, 0.25) is 0 Å². The van der Waals surface area contributed by atoms with E-state index in [1.807, 2.05) is 12.1 Å². The van der Waals surface area contributed by atoms with E-state index in [0.29, 0.717) is 0 Å². The van der Waals surface area contributed by atoms with Crippen LogP contribution in [-0.4, -0.2) is 4.98 Å². The summed E-state index contributed by atoms with van der Waals surface area (Å²) >= 11 is 0. The lowest BCUT2D eigenvalue weighted by molar-refractivity contribution is -0.141. The number of nitrogens with two attached hydrogens (primary N) is 1. The average molecular weight is 292 g/mol. The number of nitrogens with zero attached hydrogens (tertiary/aromatic N) is 1. The van der Waals surface area contributed by atoms with Gasteiger partial charge in [0.05, 0.1) is 0 Å². The van der Waals surface area contributed by atoms with Crippen molar-refractivity contribution in [1.82, 2.24) is 4.98 Å². The molecule has 1 heterocycles. The molecule has 0 saturated carbocycles. The van der Waals surface area contributed by atoms with E-state index in [-0.39, 0.29) is 11.7 Å². The van der Waals surface area contributed by atoms with Crippen molar-refractivity contribution in [3.63, 3.8) is 0 Å². The first-order valence-corrected chi connectivity index (χ1v) is 6.85. The molecule has 110 valence electrons. The summed E-state index contributed by atoms with van der Waals surface area (Å²) in [6, 6.07) is 10.6. The first-order valence-electron chi connectivity index (χ1n) is 6.85. The molecule has 2 aromatic rings. The lowest BCUT2D eigenvalue weighted by Crippen LogP contribution is -2.16. The first-order chi connectivity index (χ1) is 9.95. The van der Waals surface area contributed by atoms with Crippen molar-refractivity contribution >= 4 is 5.82 Å². The molecule has 2 N–H and O–H groups in total. The Hall–Kier alpha value is -2.04. The van der Waals surface area contributed by atoms with Crippen molar-refractivity contribution in [2.75, 3.05) is 5.73 Å². The van der Waals surface area contributed by atoms with E-state index < -0.39 is 11.9 Å². The fourth-order valence-electron chi connectivity index (χ4n) is 2.95. The summed E-state index contributed by atoms with van der Waals surface area (Å²) < 4.78 is 37.9. The van der Waals surface area contributed by atoms with Crippen LogP contribution in [0.3, 0.4) is 0 Å². The SMILES string of the molecule is Nc1nc(C(F)(F)F)ccc1C1CCc2ccccc2C1. The number of nitrogen functional groups attached to an aromatic ring is 1. The van der Waals surface area contributed by atoms with Gasteiger partial charge in [0.2, 0.25) is 0 Å². The lowest BCUT2D eigenvalue weighted by atomic mass is 9.80. The molecule has 0 spiro atoms. The number of aromatic nitrogens is 1. The Kier molecular flexibility index (Phi) is 3.35. The summed E-state index contributed by atoms with van der Waals surface area (Å²) in [5, 5.41) is 0. The number of hydrogen-bond acceptors (Lipinski definition) is 2. The normalized spacial score (nSPS) is 18.3. The second kappa shape index (κ2) is 5.06. The van der Waals surface area contributed by atoms with Crippen LogP contribution in [-0.2, 0) is 19.0 Å². The third-order valence-electron chi connectivity index (χ3n) is 4.03. The van der Waals surface area contributed by atoms with E-state index in [9.17, 15) is 13.2 Å². The highest BCUT2D eigenvalue weighted by Crippen LogP contribution is 2.36. The summed E-state index contributed by atoms with van der Waals surface area (Å²) in [6.07, 6.45) is -1.85. The number of aryl methyl sites for hydroxylation is 1. The van der Waals surface area contributed by atoms with E-state index >= 15 is 0 Å². The van der Waals surface area contributed by atoms with Crippen LogP contribution >= 0.6 is 0 Å². The van der Waals surface area contributed by atoms with Gasteiger partial charge in [0.15, 0.2) is 0 Å². The maximum Gasteiger partial charge on any atom is 0.433 e. The Balaban J connectivity index is 1.89. The highest BCUT2D eigenvalue weighted by atomic mass is 19.4. The highest BCUT2D eigenvalue weighted by molar-refractivity contribution is 5.45. The molecule has 0 amide bonds. The predicted octanol–water partition coefficient (Wildman–Crippen LogP) is 3.96. The van der Waals surface area contributed by atoms with Crippen LogP contribution in [0.15, 0.2) is 36.4 Å². The fraction of sp³-hybridized carbons (Fsp3) is 0.312. The van der Waals surface area contributed by atoms with Crippen molar-refractivity contribution in [3.05, 3.63) is 58.8 Å². The van der Waals surface area contributed by atoms with Gasteiger partial charge >= 0.3 is 6.18 Å². The molecule has 1 aromatic carbocycles. The van der Waals surface area contributed by atoms with Gasteiger partial charge in [-0.3, -0.25) is 0 Å². The third-order valence-corrected chi connectivity index (χ3v) is 4.03. The summed E-state index contributed by atoms with van der Waals surface area (Å²) in [5.41, 5.74) is 8.10. The van der Waals surface area contributed by atoms with E-state index in [0.717, 1.165) is 30.9 Å². The zero-order chi connectivity index (χ0) is 15.0. The van der Waals surface area contributed by atoms with Crippen molar-refractivity contribution in [2.45, 2.75) is 31.4 Å². The molecular formula is C16H15F3N2. The van der Waals surface area contributed by atoms with Gasteiger partial charge in [-0.15, -0.1) is 0 Å². The van der Waals surface area contributed by atoms with Crippen molar-refractivity contribution in [3.8, 4) is 0 Å². The molecule has 1 aliphatic rings. The Bertz CT molecular complexity index is 665. The second-order valence-electron chi connectivity index (χ2n) is 5.38. The molecule has 3 rings (SSSR count). The van der Waals surface area contributed by atoms with Crippen LogP contribution in [0.5, 0.6) is 0 Å². The topological polar surface area (TPSA) is 38.9 Å². The maximum absolute atomic E-state index is 12.6. The summed E-state index contributed by atoms with van der Waals surface area (Å²) in [6.45, 7) is 0. The van der Waals surface area contributed by atoms with Crippen molar-refractivity contribution < 1.29 is 13.2 Å². The van der Waals surface area contributed by atoms with Gasteiger partial charge in [-0.2, -0.15) is 13.2 Å². The van der Waals surface area contributed by atoms with Crippen LogP contribution in [0.4, 0.5) is 19.0 Å². The molecule has 1 atom stereocenters. The minimum atomic E-state index is -4.45. The number of hydrogen-bond donors (Lipinski definition) is 1. The molecule has 0 saturated heterocycles. The van der Waals surface area contributed by atoms with Gasteiger partial charge < -0.3 is 5.73 Å². The van der Waals surface area contributed by atoms with E-state index in [1.54, 1.807) is 0 Å². The third kappa shape index (κ3) is 2.73. The lowest BCUT2D eigenvalue weighted by Gasteiger charge is -2.25. The van der Waals surface area contributed by atoms with Crippen LogP contribution in [0.1, 0.15) is 34.7 Å². The number of rotatable bonds is 1. The molecular weight excluding hydrogens is 277 g/mol. The van der Waals surface area contributed by atoms with E-state index in [2.05, 4.69) is 17.1 Å². The van der Waals surface area contributed by atoms with Crippen LogP contribution in [0, 0.1) is 0 Å². The molecule has 0 aliphatic heterocycles. The minimum Gasteiger partial charge on any atom is -0.383 e. The van der Waals surface area contributed by atoms with Gasteiger partial charge in [-0.05, 0) is 47.9 Å². The van der Waals surface area contributed by atoms with Crippen LogP contribution in [0.25, 0.3) is 0 Å². The molecule has 5 heteroatoms. The number of halogens is 3. The number of alkyl halides is 3. The summed E-state index contributed by atoms with van der Waals surface area (Å²) in [5.74, 6) is 0.129. The number of anilines is 1. The fourth-order valence-corrected chi connectivity index (χ4v) is 2.95. The predicted molar refractivity (Wildman–Crippen MR) is 74.9 cm³/mol. The molecule has 0 fully saturated rings.